The molecule has 8 nitrogen and oxygen atoms in total. The van der Waals surface area contributed by atoms with Gasteiger partial charge in [-0.3, -0.25) is 0 Å². The van der Waals surface area contributed by atoms with Gasteiger partial charge >= 0.3 is 0 Å². The van der Waals surface area contributed by atoms with Crippen LogP contribution in [0.15, 0.2) is 21.9 Å². The van der Waals surface area contributed by atoms with E-state index in [1.165, 1.54) is 24.6 Å². The molecule has 0 aromatic heterocycles. The molecule has 1 saturated heterocycles. The van der Waals surface area contributed by atoms with E-state index in [1.54, 1.807) is 0 Å². The molecule has 0 aliphatic carbocycles. The first kappa shape index (κ1) is 18.0. The molecule has 2 rings (SSSR count). The second-order valence-corrected chi connectivity index (χ2v) is 8.97. The molecule has 23 heavy (non-hydrogen) atoms. The topological polar surface area (TPSA) is 102 Å². The summed E-state index contributed by atoms with van der Waals surface area (Å²) in [5, 5.41) is 3.07. The highest BCUT2D eigenvalue weighted by Gasteiger charge is 2.31. The van der Waals surface area contributed by atoms with Gasteiger partial charge in [0.2, 0.25) is 10.0 Å². The van der Waals surface area contributed by atoms with Gasteiger partial charge in [-0.25, -0.2) is 16.8 Å². The molecule has 0 saturated carbocycles. The first-order valence-electron chi connectivity index (χ1n) is 6.88. The van der Waals surface area contributed by atoms with E-state index < -0.39 is 19.9 Å². The maximum atomic E-state index is 12.8. The molecule has 0 atom stereocenters. The minimum atomic E-state index is -3.86. The molecule has 10 heteroatoms. The maximum Gasteiger partial charge on any atom is 0.246 e. The lowest BCUT2D eigenvalue weighted by atomic mass is 10.3. The molecule has 130 valence electrons. The number of methoxy groups -OCH3 is 2. The number of hydrogen-bond acceptors (Lipinski definition) is 7. The summed E-state index contributed by atoms with van der Waals surface area (Å²) in [4.78, 5) is -0.363. The number of piperazine rings is 1. The second-order valence-electron chi connectivity index (χ2n) is 5.08. The molecule has 0 radical (unpaired) electrons. The SMILES string of the molecule is COc1cc(OC)c(S(=O)(=O)N2CCNCC2)cc1S(C)(=O)=O. The summed E-state index contributed by atoms with van der Waals surface area (Å²) in [5.41, 5.74) is 0. The van der Waals surface area contributed by atoms with E-state index in [0.29, 0.717) is 26.2 Å². The highest BCUT2D eigenvalue weighted by molar-refractivity contribution is 7.91. The smallest absolute Gasteiger partial charge is 0.246 e. The van der Waals surface area contributed by atoms with Crippen LogP contribution >= 0.6 is 0 Å². The molecule has 0 bridgehead atoms. The molecule has 1 aliphatic rings. The Kier molecular flexibility index (Phi) is 5.19. The number of sulfone groups is 1. The Labute approximate surface area is 136 Å². The first-order valence-corrected chi connectivity index (χ1v) is 10.2. The maximum absolute atomic E-state index is 12.8. The van der Waals surface area contributed by atoms with Crippen LogP contribution in [0.3, 0.4) is 0 Å². The average Bonchev–Trinajstić information content (AvgIpc) is 2.53. The Bertz CT molecular complexity index is 783. The van der Waals surface area contributed by atoms with Crippen LogP contribution in [0, 0.1) is 0 Å². The standard InChI is InChI=1S/C13H20N2O6S2/c1-20-10-8-11(21-2)13(9-12(10)22(3,16)17)23(18,19)15-6-4-14-5-7-15/h8-9,14H,4-7H2,1-3H3. The van der Waals surface area contributed by atoms with E-state index >= 15 is 0 Å². The van der Waals surface area contributed by atoms with Crippen molar-refractivity contribution in [3.05, 3.63) is 12.1 Å². The molecular weight excluding hydrogens is 344 g/mol. The molecule has 1 fully saturated rings. The van der Waals surface area contributed by atoms with Gasteiger partial charge in [0.05, 0.1) is 14.2 Å². The molecule has 1 aromatic rings. The van der Waals surface area contributed by atoms with E-state index in [1.807, 2.05) is 0 Å². The molecule has 1 heterocycles. The minimum absolute atomic E-state index is 0.0450. The van der Waals surface area contributed by atoms with Gasteiger partial charge in [0.1, 0.15) is 21.3 Å². The van der Waals surface area contributed by atoms with E-state index in [0.717, 1.165) is 12.3 Å². The van der Waals surface area contributed by atoms with E-state index in [4.69, 9.17) is 9.47 Å². The third-order valence-corrected chi connectivity index (χ3v) is 6.58. The summed E-state index contributed by atoms with van der Waals surface area (Å²) in [6, 6.07) is 2.38. The largest absolute Gasteiger partial charge is 0.495 e. The van der Waals surface area contributed by atoms with Crippen LogP contribution in [0.4, 0.5) is 0 Å². The zero-order valence-electron chi connectivity index (χ0n) is 13.2. The Morgan fingerprint density at radius 3 is 1.96 bits per heavy atom. The quantitative estimate of drug-likeness (QED) is 0.765. The monoisotopic (exact) mass is 364 g/mol. The number of rotatable bonds is 5. The fourth-order valence-electron chi connectivity index (χ4n) is 2.36. The highest BCUT2D eigenvalue weighted by Crippen LogP contribution is 2.36. The second kappa shape index (κ2) is 6.63. The van der Waals surface area contributed by atoms with Crippen molar-refractivity contribution in [2.24, 2.45) is 0 Å². The van der Waals surface area contributed by atoms with E-state index in [-0.39, 0.29) is 21.3 Å². The van der Waals surface area contributed by atoms with Crippen LogP contribution < -0.4 is 14.8 Å². The summed E-state index contributed by atoms with van der Waals surface area (Å²) in [6.07, 6.45) is 0.999. The molecule has 0 unspecified atom stereocenters. The number of nitrogens with one attached hydrogen (secondary N) is 1. The molecular formula is C13H20N2O6S2. The first-order chi connectivity index (χ1) is 10.7. The van der Waals surface area contributed by atoms with Crippen molar-refractivity contribution in [2.45, 2.75) is 9.79 Å². The molecule has 1 aromatic carbocycles. The van der Waals surface area contributed by atoms with E-state index in [9.17, 15) is 16.8 Å². The molecule has 1 aliphatic heterocycles. The zero-order chi connectivity index (χ0) is 17.3. The highest BCUT2D eigenvalue weighted by atomic mass is 32.2. The normalized spacial score (nSPS) is 17.0. The van der Waals surface area contributed by atoms with Crippen molar-refractivity contribution in [3.63, 3.8) is 0 Å². The van der Waals surface area contributed by atoms with Crippen LogP contribution in [0.2, 0.25) is 0 Å². The summed E-state index contributed by atoms with van der Waals surface area (Å²) >= 11 is 0. The molecule has 0 amide bonds. The van der Waals surface area contributed by atoms with Crippen LogP contribution in [-0.4, -0.2) is 67.8 Å². The van der Waals surface area contributed by atoms with Crippen molar-refractivity contribution in [1.82, 2.24) is 9.62 Å². The summed E-state index contributed by atoms with van der Waals surface area (Å²) in [6.45, 7) is 1.70. The van der Waals surface area contributed by atoms with Crippen LogP contribution in [0.1, 0.15) is 0 Å². The van der Waals surface area contributed by atoms with Crippen molar-refractivity contribution >= 4 is 19.9 Å². The Hall–Kier alpha value is -1.36. The van der Waals surface area contributed by atoms with Gasteiger partial charge in [-0.2, -0.15) is 4.31 Å². The summed E-state index contributed by atoms with van der Waals surface area (Å²) in [5.74, 6) is 0.0939. The minimum Gasteiger partial charge on any atom is -0.495 e. The van der Waals surface area contributed by atoms with Crippen molar-refractivity contribution in [2.75, 3.05) is 46.7 Å². The number of hydrogen-bond donors (Lipinski definition) is 1. The van der Waals surface area contributed by atoms with Crippen LogP contribution in [0.5, 0.6) is 11.5 Å². The third-order valence-electron chi connectivity index (χ3n) is 3.54. The molecule has 0 spiro atoms. The number of nitrogens with zero attached hydrogens (tertiary/aromatic N) is 1. The fraction of sp³-hybridized carbons (Fsp3) is 0.538. The Balaban J connectivity index is 2.65. The number of benzene rings is 1. The van der Waals surface area contributed by atoms with E-state index in [2.05, 4.69) is 5.32 Å². The Morgan fingerprint density at radius 2 is 1.48 bits per heavy atom. The molecule has 1 N–H and O–H groups in total. The van der Waals surface area contributed by atoms with Gasteiger partial charge in [-0.05, 0) is 6.07 Å². The third kappa shape index (κ3) is 3.60. The summed E-state index contributed by atoms with van der Waals surface area (Å²) in [7, 11) is -4.89. The van der Waals surface area contributed by atoms with Crippen molar-refractivity contribution in [1.29, 1.82) is 0 Å². The lowest BCUT2D eigenvalue weighted by Crippen LogP contribution is -2.46. The average molecular weight is 364 g/mol. The van der Waals surface area contributed by atoms with Crippen molar-refractivity contribution < 1.29 is 26.3 Å². The lowest BCUT2D eigenvalue weighted by molar-refractivity contribution is 0.352. The van der Waals surface area contributed by atoms with Gasteiger partial charge in [-0.1, -0.05) is 0 Å². The Morgan fingerprint density at radius 1 is 0.957 bits per heavy atom. The van der Waals surface area contributed by atoms with Crippen LogP contribution in [-0.2, 0) is 19.9 Å². The zero-order valence-corrected chi connectivity index (χ0v) is 14.8. The summed E-state index contributed by atoms with van der Waals surface area (Å²) < 4.78 is 61.0. The van der Waals surface area contributed by atoms with Gasteiger partial charge in [0.25, 0.3) is 0 Å². The lowest BCUT2D eigenvalue weighted by Gasteiger charge is -2.27. The van der Waals surface area contributed by atoms with Gasteiger partial charge in [0.15, 0.2) is 9.84 Å². The fourth-order valence-corrected chi connectivity index (χ4v) is 4.88. The van der Waals surface area contributed by atoms with Gasteiger partial charge in [-0.15, -0.1) is 0 Å². The van der Waals surface area contributed by atoms with Crippen molar-refractivity contribution in [3.8, 4) is 11.5 Å². The van der Waals surface area contributed by atoms with Crippen LogP contribution in [0.25, 0.3) is 0 Å². The number of ether oxygens (including phenoxy) is 2. The van der Waals surface area contributed by atoms with Gasteiger partial charge < -0.3 is 14.8 Å². The number of sulfonamides is 1. The predicted molar refractivity (Wildman–Crippen MR) is 84.3 cm³/mol. The van der Waals surface area contributed by atoms with Gasteiger partial charge in [0, 0.05) is 38.5 Å². The predicted octanol–water partition coefficient (Wildman–Crippen LogP) is -0.299.